The van der Waals surface area contributed by atoms with Crippen LogP contribution in [0, 0.1) is 0 Å². The first kappa shape index (κ1) is 13.4. The van der Waals surface area contributed by atoms with Gasteiger partial charge in [-0.25, -0.2) is 9.97 Å². The van der Waals surface area contributed by atoms with Crippen LogP contribution in [0.4, 0.5) is 11.6 Å². The van der Waals surface area contributed by atoms with Crippen molar-refractivity contribution < 1.29 is 0 Å². The molecule has 0 radical (unpaired) electrons. The third-order valence-electron chi connectivity index (χ3n) is 2.28. The molecule has 1 heterocycles. The Morgan fingerprint density at radius 1 is 1.28 bits per heavy atom. The lowest BCUT2D eigenvalue weighted by atomic mass is 10.2. The molecule has 0 unspecified atom stereocenters. The molecule has 0 saturated carbocycles. The highest BCUT2D eigenvalue weighted by atomic mass is 79.9. The minimum absolute atomic E-state index is 0.246. The van der Waals surface area contributed by atoms with Crippen LogP contribution >= 0.6 is 39.1 Å². The van der Waals surface area contributed by atoms with Crippen molar-refractivity contribution in [3.63, 3.8) is 0 Å². The molecular weight excluding hydrogens is 339 g/mol. The summed E-state index contributed by atoms with van der Waals surface area (Å²) in [7, 11) is 0. The molecule has 94 valence electrons. The minimum Gasteiger partial charge on any atom is -0.382 e. The highest BCUT2D eigenvalue weighted by molar-refractivity contribution is 9.10. The van der Waals surface area contributed by atoms with Gasteiger partial charge in [0.1, 0.15) is 17.2 Å². The van der Waals surface area contributed by atoms with Gasteiger partial charge >= 0.3 is 0 Å². The number of nitrogens with two attached hydrogens (primary N) is 1. The van der Waals surface area contributed by atoms with Gasteiger partial charge in [-0.1, -0.05) is 45.2 Å². The molecule has 0 atom stereocenters. The standard InChI is InChI=1S/C11H9BrCl2N4/c12-7-2-1-6(8(13)3-7)4-16-11-9(14)10(15)17-5-18-11/h1-3,5H,4H2,(H3,15,16,17,18). The first-order valence-corrected chi connectivity index (χ1v) is 6.56. The molecule has 0 aliphatic carbocycles. The van der Waals surface area contributed by atoms with E-state index in [-0.39, 0.29) is 5.82 Å². The zero-order chi connectivity index (χ0) is 13.1. The molecular formula is C11H9BrCl2N4. The first-order valence-electron chi connectivity index (χ1n) is 5.01. The maximum Gasteiger partial charge on any atom is 0.150 e. The van der Waals surface area contributed by atoms with Crippen molar-refractivity contribution >= 4 is 50.8 Å². The minimum atomic E-state index is 0.246. The molecule has 0 saturated heterocycles. The average Bonchev–Trinajstić information content (AvgIpc) is 2.33. The third kappa shape index (κ3) is 3.04. The lowest BCUT2D eigenvalue weighted by Crippen LogP contribution is -2.04. The van der Waals surface area contributed by atoms with Crippen LogP contribution in [-0.4, -0.2) is 9.97 Å². The number of nitrogen functional groups attached to an aromatic ring is 1. The van der Waals surface area contributed by atoms with E-state index >= 15 is 0 Å². The van der Waals surface area contributed by atoms with Crippen LogP contribution in [0.3, 0.4) is 0 Å². The fourth-order valence-electron chi connectivity index (χ4n) is 1.35. The topological polar surface area (TPSA) is 63.8 Å². The Kier molecular flexibility index (Phi) is 4.27. The van der Waals surface area contributed by atoms with E-state index in [1.165, 1.54) is 6.33 Å². The molecule has 0 aliphatic heterocycles. The van der Waals surface area contributed by atoms with Crippen molar-refractivity contribution in [1.29, 1.82) is 0 Å². The van der Waals surface area contributed by atoms with Crippen molar-refractivity contribution in [3.8, 4) is 0 Å². The molecule has 0 amide bonds. The Balaban J connectivity index is 2.14. The zero-order valence-corrected chi connectivity index (χ0v) is 12.2. The second kappa shape index (κ2) is 5.73. The average molecular weight is 348 g/mol. The van der Waals surface area contributed by atoms with Gasteiger partial charge in [-0.05, 0) is 17.7 Å². The summed E-state index contributed by atoms with van der Waals surface area (Å²) in [6.45, 7) is 0.502. The van der Waals surface area contributed by atoms with E-state index in [4.69, 9.17) is 28.9 Å². The quantitative estimate of drug-likeness (QED) is 0.887. The summed E-state index contributed by atoms with van der Waals surface area (Å²) in [5.74, 6) is 0.735. The van der Waals surface area contributed by atoms with Crippen LogP contribution in [0.1, 0.15) is 5.56 Å². The first-order chi connectivity index (χ1) is 8.58. The van der Waals surface area contributed by atoms with Crippen LogP contribution in [0.25, 0.3) is 0 Å². The lowest BCUT2D eigenvalue weighted by molar-refractivity contribution is 1.08. The highest BCUT2D eigenvalue weighted by Gasteiger charge is 2.07. The molecule has 2 aromatic rings. The lowest BCUT2D eigenvalue weighted by Gasteiger charge is -2.09. The molecule has 0 bridgehead atoms. The summed E-state index contributed by atoms with van der Waals surface area (Å²) in [5, 5.41) is 4.04. The molecule has 2 rings (SSSR count). The number of hydrogen-bond donors (Lipinski definition) is 2. The maximum absolute atomic E-state index is 6.11. The van der Waals surface area contributed by atoms with Crippen LogP contribution < -0.4 is 11.1 Å². The normalized spacial score (nSPS) is 10.4. The summed E-state index contributed by atoms with van der Waals surface area (Å²) < 4.78 is 0.931. The summed E-state index contributed by atoms with van der Waals surface area (Å²) >= 11 is 15.4. The molecule has 18 heavy (non-hydrogen) atoms. The van der Waals surface area contributed by atoms with Gasteiger partial charge in [0.15, 0.2) is 5.82 Å². The Hall–Kier alpha value is -1.04. The number of aromatic nitrogens is 2. The number of halogens is 3. The van der Waals surface area contributed by atoms with Gasteiger partial charge in [0.2, 0.25) is 0 Å². The number of hydrogen-bond acceptors (Lipinski definition) is 4. The molecule has 7 heteroatoms. The second-order valence-electron chi connectivity index (χ2n) is 3.51. The number of anilines is 2. The SMILES string of the molecule is Nc1ncnc(NCc2ccc(Br)cc2Cl)c1Cl. The molecule has 4 nitrogen and oxygen atoms in total. The second-order valence-corrected chi connectivity index (χ2v) is 5.21. The van der Waals surface area contributed by atoms with Crippen LogP contribution in [0.2, 0.25) is 10.0 Å². The summed E-state index contributed by atoms with van der Waals surface area (Å²) in [5.41, 5.74) is 6.52. The van der Waals surface area contributed by atoms with Crippen molar-refractivity contribution in [1.82, 2.24) is 9.97 Å². The van der Waals surface area contributed by atoms with Crippen molar-refractivity contribution in [2.75, 3.05) is 11.1 Å². The summed E-state index contributed by atoms with van der Waals surface area (Å²) in [6.07, 6.45) is 1.35. The Labute approximate surface area is 123 Å². The number of rotatable bonds is 3. The number of nitrogens with one attached hydrogen (secondary N) is 1. The monoisotopic (exact) mass is 346 g/mol. The van der Waals surface area contributed by atoms with Crippen LogP contribution in [0.15, 0.2) is 29.0 Å². The van der Waals surface area contributed by atoms with Crippen LogP contribution in [-0.2, 0) is 6.54 Å². The van der Waals surface area contributed by atoms with Gasteiger partial charge in [0.05, 0.1) is 0 Å². The van der Waals surface area contributed by atoms with E-state index in [1.54, 1.807) is 0 Å². The molecule has 0 fully saturated rings. The van der Waals surface area contributed by atoms with Gasteiger partial charge in [0, 0.05) is 16.0 Å². The Morgan fingerprint density at radius 3 is 2.78 bits per heavy atom. The van der Waals surface area contributed by atoms with Gasteiger partial charge in [0.25, 0.3) is 0 Å². The van der Waals surface area contributed by atoms with E-state index in [9.17, 15) is 0 Å². The van der Waals surface area contributed by atoms with E-state index in [0.717, 1.165) is 10.0 Å². The molecule has 1 aromatic heterocycles. The van der Waals surface area contributed by atoms with E-state index in [0.29, 0.717) is 22.4 Å². The van der Waals surface area contributed by atoms with E-state index in [2.05, 4.69) is 31.2 Å². The van der Waals surface area contributed by atoms with Crippen LogP contribution in [0.5, 0.6) is 0 Å². The van der Waals surface area contributed by atoms with E-state index < -0.39 is 0 Å². The van der Waals surface area contributed by atoms with E-state index in [1.807, 2.05) is 18.2 Å². The number of benzene rings is 1. The predicted molar refractivity (Wildman–Crippen MR) is 77.9 cm³/mol. The fraction of sp³-hybridized carbons (Fsp3) is 0.0909. The highest BCUT2D eigenvalue weighted by Crippen LogP contribution is 2.25. The summed E-state index contributed by atoms with van der Waals surface area (Å²) in [4.78, 5) is 7.80. The third-order valence-corrected chi connectivity index (χ3v) is 3.50. The van der Waals surface area contributed by atoms with Gasteiger partial charge in [-0.3, -0.25) is 0 Å². The molecule has 0 spiro atoms. The molecule has 0 aliphatic rings. The van der Waals surface area contributed by atoms with Crippen molar-refractivity contribution in [2.24, 2.45) is 0 Å². The predicted octanol–water partition coefficient (Wildman–Crippen LogP) is 3.74. The fourth-order valence-corrected chi connectivity index (χ4v) is 2.26. The summed E-state index contributed by atoms with van der Waals surface area (Å²) in [6, 6.07) is 5.66. The zero-order valence-electron chi connectivity index (χ0n) is 9.12. The van der Waals surface area contributed by atoms with Gasteiger partial charge in [-0.2, -0.15) is 0 Å². The van der Waals surface area contributed by atoms with Crippen molar-refractivity contribution in [3.05, 3.63) is 44.6 Å². The van der Waals surface area contributed by atoms with Crippen molar-refractivity contribution in [2.45, 2.75) is 6.54 Å². The molecule has 3 N–H and O–H groups in total. The Morgan fingerprint density at radius 2 is 2.06 bits per heavy atom. The van der Waals surface area contributed by atoms with Gasteiger partial charge in [-0.15, -0.1) is 0 Å². The smallest absolute Gasteiger partial charge is 0.150 e. The molecule has 1 aromatic carbocycles. The Bertz CT molecular complexity index is 577. The maximum atomic E-state index is 6.11. The largest absolute Gasteiger partial charge is 0.382 e. The number of nitrogens with zero attached hydrogens (tertiary/aromatic N) is 2. The van der Waals surface area contributed by atoms with Gasteiger partial charge < -0.3 is 11.1 Å².